The number of hydrogen-bond donors (Lipinski definition) is 1. The molecule has 1 atom stereocenters. The first-order valence-corrected chi connectivity index (χ1v) is 7.25. The predicted molar refractivity (Wildman–Crippen MR) is 81.5 cm³/mol. The number of benzene rings is 1. The third-order valence-electron chi connectivity index (χ3n) is 3.89. The second kappa shape index (κ2) is 6.06. The molecule has 1 aromatic heterocycles. The zero-order valence-electron chi connectivity index (χ0n) is 11.9. The van der Waals surface area contributed by atoms with E-state index in [1.54, 1.807) is 6.20 Å². The van der Waals surface area contributed by atoms with E-state index < -0.39 is 6.04 Å². The third kappa shape index (κ3) is 3.11. The predicted octanol–water partition coefficient (Wildman–Crippen LogP) is 1.54. The third-order valence-corrected chi connectivity index (χ3v) is 3.89. The molecule has 0 saturated carbocycles. The van der Waals surface area contributed by atoms with E-state index in [9.17, 15) is 4.79 Å². The summed E-state index contributed by atoms with van der Waals surface area (Å²) in [6.45, 7) is 1.32. The van der Waals surface area contributed by atoms with E-state index in [0.29, 0.717) is 19.5 Å². The highest BCUT2D eigenvalue weighted by Gasteiger charge is 2.25. The van der Waals surface area contributed by atoms with Gasteiger partial charge in [0, 0.05) is 31.4 Å². The molecule has 0 bridgehead atoms. The van der Waals surface area contributed by atoms with E-state index in [4.69, 9.17) is 5.73 Å². The maximum absolute atomic E-state index is 12.5. The Labute approximate surface area is 124 Å². The minimum atomic E-state index is -0.481. The largest absolute Gasteiger partial charge is 0.337 e. The van der Waals surface area contributed by atoms with Crippen LogP contribution in [0.5, 0.6) is 0 Å². The zero-order chi connectivity index (χ0) is 14.7. The van der Waals surface area contributed by atoms with Crippen molar-refractivity contribution in [1.29, 1.82) is 0 Å². The summed E-state index contributed by atoms with van der Waals surface area (Å²) in [6, 6.07) is 13.4. The van der Waals surface area contributed by atoms with E-state index in [-0.39, 0.29) is 5.91 Å². The normalized spacial score (nSPS) is 15.4. The smallest absolute Gasteiger partial charge is 0.240 e. The lowest BCUT2D eigenvalue weighted by Crippen LogP contribution is -2.46. The Kier molecular flexibility index (Phi) is 3.97. The molecular formula is C17H19N3O. The molecule has 0 aliphatic carbocycles. The number of hydrogen-bond acceptors (Lipinski definition) is 3. The van der Waals surface area contributed by atoms with Crippen molar-refractivity contribution in [2.24, 2.45) is 5.73 Å². The minimum absolute atomic E-state index is 0.0216. The molecule has 1 aliphatic heterocycles. The molecule has 4 nitrogen and oxygen atoms in total. The van der Waals surface area contributed by atoms with Gasteiger partial charge in [0.05, 0.1) is 6.04 Å². The van der Waals surface area contributed by atoms with Gasteiger partial charge in [-0.25, -0.2) is 0 Å². The summed E-state index contributed by atoms with van der Waals surface area (Å²) < 4.78 is 0. The number of aromatic nitrogens is 1. The summed E-state index contributed by atoms with van der Waals surface area (Å²) in [7, 11) is 0. The number of carbonyl (C=O) groups is 1. The van der Waals surface area contributed by atoms with Crippen LogP contribution in [0.2, 0.25) is 0 Å². The van der Waals surface area contributed by atoms with Gasteiger partial charge in [-0.15, -0.1) is 0 Å². The van der Waals surface area contributed by atoms with Crippen LogP contribution in [0, 0.1) is 0 Å². The van der Waals surface area contributed by atoms with Gasteiger partial charge in [-0.2, -0.15) is 0 Å². The number of amides is 1. The Morgan fingerprint density at radius 2 is 2.05 bits per heavy atom. The number of nitrogens with zero attached hydrogens (tertiary/aromatic N) is 2. The van der Waals surface area contributed by atoms with Crippen LogP contribution in [0.4, 0.5) is 0 Å². The van der Waals surface area contributed by atoms with Gasteiger partial charge >= 0.3 is 0 Å². The van der Waals surface area contributed by atoms with E-state index in [0.717, 1.165) is 23.2 Å². The highest BCUT2D eigenvalue weighted by Crippen LogP contribution is 2.17. The van der Waals surface area contributed by atoms with Crippen molar-refractivity contribution in [3.63, 3.8) is 0 Å². The molecule has 1 aliphatic rings. The van der Waals surface area contributed by atoms with Crippen molar-refractivity contribution < 1.29 is 4.79 Å². The van der Waals surface area contributed by atoms with Gasteiger partial charge in [-0.3, -0.25) is 9.78 Å². The Hall–Kier alpha value is -2.20. The van der Waals surface area contributed by atoms with Crippen LogP contribution < -0.4 is 5.73 Å². The summed E-state index contributed by atoms with van der Waals surface area (Å²) in [5.41, 5.74) is 9.41. The van der Waals surface area contributed by atoms with Crippen molar-refractivity contribution in [3.05, 3.63) is 65.5 Å². The summed E-state index contributed by atoms with van der Waals surface area (Å²) in [6.07, 6.45) is 3.19. The van der Waals surface area contributed by atoms with Gasteiger partial charge in [0.2, 0.25) is 5.91 Å². The number of fused-ring (bicyclic) bond motifs is 1. The van der Waals surface area contributed by atoms with Crippen LogP contribution in [-0.2, 0) is 24.2 Å². The van der Waals surface area contributed by atoms with E-state index in [1.807, 2.05) is 47.4 Å². The first kappa shape index (κ1) is 13.8. The van der Waals surface area contributed by atoms with Crippen molar-refractivity contribution in [2.75, 3.05) is 6.54 Å². The molecule has 0 saturated heterocycles. The Morgan fingerprint density at radius 3 is 2.86 bits per heavy atom. The fourth-order valence-corrected chi connectivity index (χ4v) is 2.74. The molecule has 1 amide bonds. The van der Waals surface area contributed by atoms with Crippen molar-refractivity contribution in [3.8, 4) is 0 Å². The van der Waals surface area contributed by atoms with E-state index >= 15 is 0 Å². The van der Waals surface area contributed by atoms with Crippen molar-refractivity contribution in [2.45, 2.75) is 25.4 Å². The van der Waals surface area contributed by atoms with Gasteiger partial charge in [-0.05, 0) is 23.6 Å². The molecule has 2 N–H and O–H groups in total. The molecule has 0 spiro atoms. The molecular weight excluding hydrogens is 262 g/mol. The first-order chi connectivity index (χ1) is 10.2. The number of rotatable bonds is 3. The maximum atomic E-state index is 12.5. The first-order valence-electron chi connectivity index (χ1n) is 7.25. The van der Waals surface area contributed by atoms with Crippen LogP contribution in [0.15, 0.2) is 48.7 Å². The monoisotopic (exact) mass is 281 g/mol. The average molecular weight is 281 g/mol. The second-order valence-electron chi connectivity index (χ2n) is 5.42. The molecule has 0 fully saturated rings. The van der Waals surface area contributed by atoms with Gasteiger partial charge in [0.25, 0.3) is 0 Å². The molecule has 2 heterocycles. The number of nitrogens with two attached hydrogens (primary N) is 1. The lowest BCUT2D eigenvalue weighted by atomic mass is 10.0. The highest BCUT2D eigenvalue weighted by atomic mass is 16.2. The van der Waals surface area contributed by atoms with E-state index in [1.165, 1.54) is 0 Å². The van der Waals surface area contributed by atoms with Crippen LogP contribution in [0.25, 0.3) is 0 Å². The van der Waals surface area contributed by atoms with Crippen LogP contribution in [0.1, 0.15) is 16.8 Å². The molecule has 21 heavy (non-hydrogen) atoms. The van der Waals surface area contributed by atoms with Gasteiger partial charge in [0.15, 0.2) is 0 Å². The summed E-state index contributed by atoms with van der Waals surface area (Å²) in [4.78, 5) is 18.7. The molecule has 2 aromatic rings. The summed E-state index contributed by atoms with van der Waals surface area (Å²) >= 11 is 0. The minimum Gasteiger partial charge on any atom is -0.337 e. The van der Waals surface area contributed by atoms with Crippen molar-refractivity contribution >= 4 is 5.91 Å². The van der Waals surface area contributed by atoms with Gasteiger partial charge < -0.3 is 10.6 Å². The van der Waals surface area contributed by atoms with Crippen LogP contribution in [0.3, 0.4) is 0 Å². The number of pyridine rings is 1. The fourth-order valence-electron chi connectivity index (χ4n) is 2.74. The highest BCUT2D eigenvalue weighted by molar-refractivity contribution is 5.82. The molecule has 108 valence electrons. The molecule has 3 rings (SSSR count). The molecule has 1 aromatic carbocycles. The van der Waals surface area contributed by atoms with Gasteiger partial charge in [-0.1, -0.05) is 36.4 Å². The average Bonchev–Trinajstić information content (AvgIpc) is 2.54. The Balaban J connectivity index is 1.66. The lowest BCUT2D eigenvalue weighted by Gasteiger charge is -2.30. The zero-order valence-corrected chi connectivity index (χ0v) is 11.9. The standard InChI is InChI=1S/C17H19N3O/c18-15(11-13-5-2-1-3-6-13)17(21)20-10-8-16-14(12-20)7-4-9-19-16/h1-7,9,15H,8,10-12,18H2/t15-/m1/s1. The lowest BCUT2D eigenvalue weighted by molar-refractivity contribution is -0.133. The topological polar surface area (TPSA) is 59.2 Å². The van der Waals surface area contributed by atoms with Gasteiger partial charge in [0.1, 0.15) is 0 Å². The Morgan fingerprint density at radius 1 is 1.24 bits per heavy atom. The molecule has 0 radical (unpaired) electrons. The van der Waals surface area contributed by atoms with Crippen LogP contribution in [-0.4, -0.2) is 28.4 Å². The SMILES string of the molecule is N[C@H](Cc1ccccc1)C(=O)N1CCc2ncccc2C1. The number of carbonyl (C=O) groups excluding carboxylic acids is 1. The quantitative estimate of drug-likeness (QED) is 0.928. The molecule has 0 unspecified atom stereocenters. The van der Waals surface area contributed by atoms with Crippen molar-refractivity contribution in [1.82, 2.24) is 9.88 Å². The maximum Gasteiger partial charge on any atom is 0.240 e. The van der Waals surface area contributed by atoms with Crippen LogP contribution >= 0.6 is 0 Å². The summed E-state index contributed by atoms with van der Waals surface area (Å²) in [5, 5.41) is 0. The Bertz CT molecular complexity index is 627. The second-order valence-corrected chi connectivity index (χ2v) is 5.42. The summed E-state index contributed by atoms with van der Waals surface area (Å²) in [5.74, 6) is 0.0216. The fraction of sp³-hybridized carbons (Fsp3) is 0.294. The molecule has 4 heteroatoms. The van der Waals surface area contributed by atoms with E-state index in [2.05, 4.69) is 4.98 Å².